The number of aryl methyl sites for hydroxylation is 1. The highest BCUT2D eigenvalue weighted by Gasteiger charge is 2.15. The van der Waals surface area contributed by atoms with E-state index < -0.39 is 0 Å². The molecule has 5 aromatic rings. The maximum atomic E-state index is 13.5. The molecule has 6 nitrogen and oxygen atoms in total. The van der Waals surface area contributed by atoms with Crippen molar-refractivity contribution in [3.8, 4) is 16.9 Å². The summed E-state index contributed by atoms with van der Waals surface area (Å²) in [5.74, 6) is -0.0864. The zero-order chi connectivity index (χ0) is 25.5. The van der Waals surface area contributed by atoms with Crippen LogP contribution in [0.2, 0.25) is 0 Å². The highest BCUT2D eigenvalue weighted by atomic mass is 16.2. The molecule has 0 fully saturated rings. The second-order valence-corrected chi connectivity index (χ2v) is 8.77. The van der Waals surface area contributed by atoms with Gasteiger partial charge in [-0.3, -0.25) is 14.8 Å². The van der Waals surface area contributed by atoms with Gasteiger partial charge in [-0.15, -0.1) is 0 Å². The van der Waals surface area contributed by atoms with Crippen LogP contribution in [-0.4, -0.2) is 30.6 Å². The van der Waals surface area contributed by atoms with E-state index in [0.717, 1.165) is 39.2 Å². The Labute approximate surface area is 216 Å². The fourth-order valence-corrected chi connectivity index (χ4v) is 4.13. The predicted molar refractivity (Wildman–Crippen MR) is 145 cm³/mol. The van der Waals surface area contributed by atoms with E-state index in [2.05, 4.69) is 29.0 Å². The van der Waals surface area contributed by atoms with Gasteiger partial charge in [0.05, 0.1) is 5.69 Å². The molecule has 0 spiro atoms. The van der Waals surface area contributed by atoms with Crippen LogP contribution >= 0.6 is 0 Å². The van der Waals surface area contributed by atoms with Crippen molar-refractivity contribution in [2.75, 3.05) is 0 Å². The number of amides is 1. The largest absolute Gasteiger partial charge is 0.330 e. The summed E-state index contributed by atoms with van der Waals surface area (Å²) in [6, 6.07) is 25.8. The van der Waals surface area contributed by atoms with Crippen molar-refractivity contribution < 1.29 is 4.79 Å². The number of rotatable bonds is 8. The fraction of sp³-hybridized carbons (Fsp3) is 0.0968. The Hall–Kier alpha value is -4.84. The Morgan fingerprint density at radius 3 is 2.35 bits per heavy atom. The molecule has 0 atom stereocenters. The molecule has 1 amide bonds. The molecule has 0 aliphatic rings. The van der Waals surface area contributed by atoms with Gasteiger partial charge in [0.15, 0.2) is 0 Å². The monoisotopic (exact) mass is 485 g/mol. The minimum Gasteiger partial charge on any atom is -0.330 e. The summed E-state index contributed by atoms with van der Waals surface area (Å²) >= 11 is 0. The molecule has 0 unspecified atom stereocenters. The zero-order valence-corrected chi connectivity index (χ0v) is 20.6. The second kappa shape index (κ2) is 11.3. The maximum absolute atomic E-state index is 13.5. The number of hydrogen-bond donors (Lipinski definition) is 0. The third kappa shape index (κ3) is 5.87. The topological polar surface area (TPSA) is 63.9 Å². The minimum atomic E-state index is -0.0864. The van der Waals surface area contributed by atoms with E-state index in [9.17, 15) is 4.79 Å². The Balaban J connectivity index is 1.47. The summed E-state index contributed by atoms with van der Waals surface area (Å²) in [5, 5.41) is 4.81. The molecule has 6 heteroatoms. The summed E-state index contributed by atoms with van der Waals surface area (Å²) in [4.78, 5) is 23.8. The summed E-state index contributed by atoms with van der Waals surface area (Å²) in [7, 11) is 0. The average Bonchev–Trinajstić information content (AvgIpc) is 3.38. The lowest BCUT2D eigenvalue weighted by atomic mass is 10.1. The molecule has 2 aromatic carbocycles. The van der Waals surface area contributed by atoms with Crippen LogP contribution in [0.4, 0.5) is 0 Å². The summed E-state index contributed by atoms with van der Waals surface area (Å²) in [6.45, 7) is 3.03. The third-order valence-corrected chi connectivity index (χ3v) is 6.13. The van der Waals surface area contributed by atoms with Crippen molar-refractivity contribution in [3.05, 3.63) is 138 Å². The smallest absolute Gasteiger partial charge is 0.247 e. The van der Waals surface area contributed by atoms with Gasteiger partial charge in [0.25, 0.3) is 0 Å². The molecule has 182 valence electrons. The molecule has 0 aliphatic heterocycles. The maximum Gasteiger partial charge on any atom is 0.247 e. The van der Waals surface area contributed by atoms with E-state index in [4.69, 9.17) is 5.10 Å². The van der Waals surface area contributed by atoms with E-state index in [1.54, 1.807) is 30.9 Å². The highest BCUT2D eigenvalue weighted by Crippen LogP contribution is 2.24. The number of para-hydroxylation sites is 1. The van der Waals surface area contributed by atoms with Gasteiger partial charge in [0.2, 0.25) is 5.91 Å². The van der Waals surface area contributed by atoms with Crippen molar-refractivity contribution in [1.29, 1.82) is 0 Å². The first-order valence-corrected chi connectivity index (χ1v) is 12.1. The lowest BCUT2D eigenvalue weighted by Gasteiger charge is -2.22. The van der Waals surface area contributed by atoms with Crippen LogP contribution in [0.15, 0.2) is 116 Å². The van der Waals surface area contributed by atoms with Crippen molar-refractivity contribution in [3.63, 3.8) is 0 Å². The normalized spacial score (nSPS) is 11.1. The predicted octanol–water partition coefficient (Wildman–Crippen LogP) is 5.88. The van der Waals surface area contributed by atoms with Crippen LogP contribution in [0.1, 0.15) is 22.3 Å². The van der Waals surface area contributed by atoms with Gasteiger partial charge in [0, 0.05) is 61.3 Å². The van der Waals surface area contributed by atoms with E-state index in [1.807, 2.05) is 88.6 Å². The van der Waals surface area contributed by atoms with E-state index in [-0.39, 0.29) is 5.91 Å². The first-order chi connectivity index (χ1) is 18.2. The van der Waals surface area contributed by atoms with Gasteiger partial charge < -0.3 is 4.90 Å². The quantitative estimate of drug-likeness (QED) is 0.258. The Bertz CT molecular complexity index is 1490. The van der Waals surface area contributed by atoms with Crippen LogP contribution in [0.25, 0.3) is 23.0 Å². The van der Waals surface area contributed by atoms with Gasteiger partial charge in [-0.25, -0.2) is 4.68 Å². The minimum absolute atomic E-state index is 0.0864. The highest BCUT2D eigenvalue weighted by molar-refractivity contribution is 5.92. The summed E-state index contributed by atoms with van der Waals surface area (Å²) < 4.78 is 1.83. The second-order valence-electron chi connectivity index (χ2n) is 8.77. The van der Waals surface area contributed by atoms with Gasteiger partial charge in [-0.2, -0.15) is 5.10 Å². The Kier molecular flexibility index (Phi) is 7.27. The molecule has 0 aliphatic carbocycles. The molecule has 5 rings (SSSR count). The SMILES string of the molecule is Cc1ccccc1CN(Cc1cccnc1)C(=O)C=Cc1cn(-c2ccccc2)nc1-c1cccnc1. The van der Waals surface area contributed by atoms with Gasteiger partial charge in [0.1, 0.15) is 5.69 Å². The summed E-state index contributed by atoms with van der Waals surface area (Å²) in [5.41, 5.74) is 6.67. The number of hydrogen-bond acceptors (Lipinski definition) is 4. The molecule has 3 heterocycles. The molecule has 0 saturated carbocycles. The number of pyridine rings is 2. The third-order valence-electron chi connectivity index (χ3n) is 6.13. The number of benzene rings is 2. The molecule has 0 N–H and O–H groups in total. The van der Waals surface area contributed by atoms with Crippen molar-refractivity contribution in [1.82, 2.24) is 24.6 Å². The van der Waals surface area contributed by atoms with E-state index >= 15 is 0 Å². The Morgan fingerprint density at radius 2 is 1.62 bits per heavy atom. The molecule has 0 radical (unpaired) electrons. The average molecular weight is 486 g/mol. The fourth-order valence-electron chi connectivity index (χ4n) is 4.13. The standard InChI is InChI=1S/C31H27N5O/c1-24-9-5-6-11-27(24)22-35(21-25-10-7-17-32-19-25)30(37)16-15-28-23-36(29-13-3-2-4-14-29)34-31(28)26-12-8-18-33-20-26/h2-20,23H,21-22H2,1H3. The van der Waals surface area contributed by atoms with Crippen molar-refractivity contribution >= 4 is 12.0 Å². The van der Waals surface area contributed by atoms with Crippen LogP contribution in [0.5, 0.6) is 0 Å². The van der Waals surface area contributed by atoms with Crippen molar-refractivity contribution in [2.24, 2.45) is 0 Å². The van der Waals surface area contributed by atoms with Gasteiger partial charge >= 0.3 is 0 Å². The number of nitrogens with zero attached hydrogens (tertiary/aromatic N) is 5. The molecule has 37 heavy (non-hydrogen) atoms. The number of carbonyl (C=O) groups excluding carboxylic acids is 1. The van der Waals surface area contributed by atoms with Crippen LogP contribution in [0.3, 0.4) is 0 Å². The van der Waals surface area contributed by atoms with Crippen LogP contribution in [0, 0.1) is 6.92 Å². The molecule has 0 saturated heterocycles. The number of aromatic nitrogens is 4. The van der Waals surface area contributed by atoms with Crippen molar-refractivity contribution in [2.45, 2.75) is 20.0 Å². The Morgan fingerprint density at radius 1 is 0.865 bits per heavy atom. The first kappa shape index (κ1) is 23.9. The molecule has 3 aromatic heterocycles. The molecular weight excluding hydrogens is 458 g/mol. The van der Waals surface area contributed by atoms with Gasteiger partial charge in [-0.1, -0.05) is 48.5 Å². The lowest BCUT2D eigenvalue weighted by molar-refractivity contribution is -0.127. The molecule has 0 bridgehead atoms. The lowest BCUT2D eigenvalue weighted by Crippen LogP contribution is -2.28. The number of carbonyl (C=O) groups is 1. The van der Waals surface area contributed by atoms with E-state index in [0.29, 0.717) is 13.1 Å². The summed E-state index contributed by atoms with van der Waals surface area (Å²) in [6.07, 6.45) is 12.5. The first-order valence-electron chi connectivity index (χ1n) is 12.1. The van der Waals surface area contributed by atoms with Crippen LogP contribution in [-0.2, 0) is 17.9 Å². The zero-order valence-electron chi connectivity index (χ0n) is 20.6. The van der Waals surface area contributed by atoms with E-state index in [1.165, 1.54) is 0 Å². The molecular formula is C31H27N5O. The van der Waals surface area contributed by atoms with Gasteiger partial charge in [-0.05, 0) is 60.0 Å². The van der Waals surface area contributed by atoms with Crippen LogP contribution < -0.4 is 0 Å².